The monoisotopic (exact) mass is 276 g/mol. The Hall–Kier alpha value is 0.520. The first-order chi connectivity index (χ1) is 7.85. The summed E-state index contributed by atoms with van der Waals surface area (Å²) < 4.78 is 0. The predicted molar refractivity (Wildman–Crippen MR) is 91.0 cm³/mol. The van der Waals surface area contributed by atoms with E-state index in [4.69, 9.17) is 0 Å². The second-order valence-corrected chi connectivity index (χ2v) is 17.1. The highest BCUT2D eigenvalue weighted by atomic mass is 32.3. The van der Waals surface area contributed by atoms with Crippen LogP contribution in [0, 0.1) is 5.92 Å². The molecule has 17 heavy (non-hydrogen) atoms. The van der Waals surface area contributed by atoms with Gasteiger partial charge in [0.2, 0.25) is 0 Å². The van der Waals surface area contributed by atoms with Gasteiger partial charge in [-0.2, -0.15) is 0 Å². The summed E-state index contributed by atoms with van der Waals surface area (Å²) in [6.07, 6.45) is 17.1. The lowest BCUT2D eigenvalue weighted by atomic mass is 9.95. The van der Waals surface area contributed by atoms with Crippen molar-refractivity contribution >= 4 is 17.7 Å². The molecular formula is C15H33PS. The molecule has 0 bridgehead atoms. The molecule has 1 rings (SSSR count). The van der Waals surface area contributed by atoms with Crippen molar-refractivity contribution in [1.29, 1.82) is 0 Å². The summed E-state index contributed by atoms with van der Waals surface area (Å²) in [6, 6.07) is 0. The normalized spacial score (nSPS) is 37.1. The van der Waals surface area contributed by atoms with Crippen molar-refractivity contribution in [1.82, 2.24) is 0 Å². The van der Waals surface area contributed by atoms with Crippen LogP contribution in [0.4, 0.5) is 0 Å². The topological polar surface area (TPSA) is 0 Å². The Morgan fingerprint density at radius 2 is 2.00 bits per heavy atom. The Balaban J connectivity index is 2.76. The predicted octanol–water partition coefficient (Wildman–Crippen LogP) is 4.74. The number of hydrogen-bond acceptors (Lipinski definition) is 0. The van der Waals surface area contributed by atoms with E-state index < -0.39 is 9.16 Å². The Labute approximate surface area is 111 Å². The average molecular weight is 276 g/mol. The molecule has 2 heteroatoms. The van der Waals surface area contributed by atoms with Gasteiger partial charge in [-0.15, -0.1) is 15.2 Å². The molecule has 0 aromatic rings. The summed E-state index contributed by atoms with van der Waals surface area (Å²) in [5.74, 6) is 2.32. The van der Waals surface area contributed by atoms with E-state index >= 15 is 0 Å². The molecule has 0 aromatic heterocycles. The van der Waals surface area contributed by atoms with Gasteiger partial charge in [0.25, 0.3) is 0 Å². The zero-order valence-electron chi connectivity index (χ0n) is 12.3. The van der Waals surface area contributed by atoms with Crippen molar-refractivity contribution in [3.05, 3.63) is 12.7 Å². The van der Waals surface area contributed by atoms with E-state index in [1.165, 1.54) is 51.9 Å². The molecule has 0 N–H and O–H groups in total. The van der Waals surface area contributed by atoms with E-state index in [-0.39, 0.29) is 0 Å². The third-order valence-corrected chi connectivity index (χ3v) is 12.8. The third kappa shape index (κ3) is 5.35. The molecule has 0 radical (unpaired) electrons. The van der Waals surface area contributed by atoms with Gasteiger partial charge < -0.3 is 0 Å². The van der Waals surface area contributed by atoms with Gasteiger partial charge in [0, 0.05) is 0 Å². The Morgan fingerprint density at radius 3 is 2.59 bits per heavy atom. The first-order valence-electron chi connectivity index (χ1n) is 7.21. The van der Waals surface area contributed by atoms with Crippen molar-refractivity contribution in [2.45, 2.75) is 44.7 Å². The van der Waals surface area contributed by atoms with Crippen LogP contribution >= 0.6 is 17.7 Å². The first-order valence-corrected chi connectivity index (χ1v) is 12.4. The fourth-order valence-corrected chi connectivity index (χ4v) is 9.65. The van der Waals surface area contributed by atoms with Crippen molar-refractivity contribution in [2.24, 2.45) is 5.92 Å². The highest BCUT2D eigenvalue weighted by Crippen LogP contribution is 2.65. The van der Waals surface area contributed by atoms with Crippen LogP contribution in [0.3, 0.4) is 0 Å². The second-order valence-electron chi connectivity index (χ2n) is 7.34. The van der Waals surface area contributed by atoms with Crippen LogP contribution in [0.2, 0.25) is 0 Å². The summed E-state index contributed by atoms with van der Waals surface area (Å²) in [5.41, 5.74) is 2.47. The maximum atomic E-state index is 4.09. The SMILES string of the molecule is C=CC1CCCC[SH](C)(C)(C)CPC1CCC. The van der Waals surface area contributed by atoms with Crippen molar-refractivity contribution in [2.75, 3.05) is 30.0 Å². The van der Waals surface area contributed by atoms with Crippen molar-refractivity contribution < 1.29 is 0 Å². The lowest BCUT2D eigenvalue weighted by Gasteiger charge is -2.52. The third-order valence-electron chi connectivity index (χ3n) is 4.13. The lowest BCUT2D eigenvalue weighted by Crippen LogP contribution is -2.20. The standard InChI is InChI=1S/C15H33PS/c1-6-10-15-14(7-2)11-8-9-12-17(3,4,5)13-16-15/h7,14-17H,2,6,8-13H2,1,3-5H3. The Morgan fingerprint density at radius 1 is 1.29 bits per heavy atom. The van der Waals surface area contributed by atoms with Crippen LogP contribution in [-0.2, 0) is 0 Å². The molecule has 1 aliphatic heterocycles. The van der Waals surface area contributed by atoms with E-state index in [0.29, 0.717) is 0 Å². The molecule has 3 unspecified atom stereocenters. The minimum atomic E-state index is -1.31. The van der Waals surface area contributed by atoms with Crippen molar-refractivity contribution in [3.8, 4) is 0 Å². The minimum absolute atomic E-state index is 0.804. The van der Waals surface area contributed by atoms with E-state index in [1.807, 2.05) is 0 Å². The highest BCUT2D eigenvalue weighted by molar-refractivity contribution is 8.49. The Bertz CT molecular complexity index is 251. The summed E-state index contributed by atoms with van der Waals surface area (Å²) >= 11 is 0. The second kappa shape index (κ2) is 6.11. The smallest absolute Gasteiger partial charge is 0.0167 e. The molecule has 0 nitrogen and oxygen atoms in total. The lowest BCUT2D eigenvalue weighted by molar-refractivity contribution is 0.510. The molecule has 1 aliphatic rings. The molecule has 0 aliphatic carbocycles. The summed E-state index contributed by atoms with van der Waals surface area (Å²) in [7, 11) is -0.127. The van der Waals surface area contributed by atoms with E-state index in [9.17, 15) is 0 Å². The van der Waals surface area contributed by atoms with Gasteiger partial charge in [-0.3, -0.25) is 9.16 Å². The fraction of sp³-hybridized carbons (Fsp3) is 0.867. The maximum Gasteiger partial charge on any atom is -0.0167 e. The van der Waals surface area contributed by atoms with E-state index in [1.54, 1.807) is 0 Å². The molecule has 1 heterocycles. The van der Waals surface area contributed by atoms with Crippen LogP contribution in [0.25, 0.3) is 0 Å². The molecule has 1 fully saturated rings. The zero-order chi connectivity index (χ0) is 13.0. The molecule has 1 saturated heterocycles. The van der Waals surface area contributed by atoms with Gasteiger partial charge in [0.05, 0.1) is 0 Å². The van der Waals surface area contributed by atoms with E-state index in [0.717, 1.165) is 11.6 Å². The molecule has 0 saturated carbocycles. The molecule has 0 spiro atoms. The van der Waals surface area contributed by atoms with Crippen LogP contribution in [0.15, 0.2) is 12.7 Å². The molecule has 0 aromatic carbocycles. The molecule has 0 amide bonds. The van der Waals surface area contributed by atoms with Crippen LogP contribution in [-0.4, -0.2) is 35.7 Å². The number of allylic oxidation sites excluding steroid dienone is 1. The zero-order valence-corrected chi connectivity index (χ0v) is 14.2. The van der Waals surface area contributed by atoms with Gasteiger partial charge >= 0.3 is 0 Å². The molecule has 3 atom stereocenters. The maximum absolute atomic E-state index is 4.09. The highest BCUT2D eigenvalue weighted by Gasteiger charge is 2.29. The van der Waals surface area contributed by atoms with Gasteiger partial charge in [-0.1, -0.05) is 25.8 Å². The number of rotatable bonds is 3. The van der Waals surface area contributed by atoms with Crippen LogP contribution in [0.5, 0.6) is 0 Å². The molecular weight excluding hydrogens is 243 g/mol. The number of thiol groups is 1. The average Bonchev–Trinajstić information content (AvgIpc) is 2.29. The Kier molecular flexibility index (Phi) is 5.60. The van der Waals surface area contributed by atoms with E-state index in [2.05, 4.69) is 38.3 Å². The van der Waals surface area contributed by atoms with Gasteiger partial charge in [-0.25, -0.2) is 0 Å². The summed E-state index contributed by atoms with van der Waals surface area (Å²) in [5, 5.41) is 0. The summed E-state index contributed by atoms with van der Waals surface area (Å²) in [6.45, 7) is 6.42. The minimum Gasteiger partial charge on any atom is -0.287 e. The first kappa shape index (κ1) is 15.6. The quantitative estimate of drug-likeness (QED) is 0.430. The van der Waals surface area contributed by atoms with Gasteiger partial charge in [0.15, 0.2) is 0 Å². The van der Waals surface area contributed by atoms with Gasteiger partial charge in [-0.05, 0) is 60.9 Å². The molecule has 104 valence electrons. The van der Waals surface area contributed by atoms with Crippen LogP contribution in [0.1, 0.15) is 39.0 Å². The van der Waals surface area contributed by atoms with Crippen LogP contribution < -0.4 is 0 Å². The largest absolute Gasteiger partial charge is 0.287 e. The van der Waals surface area contributed by atoms with Gasteiger partial charge in [0.1, 0.15) is 0 Å². The fourth-order valence-electron chi connectivity index (χ4n) is 2.87. The summed E-state index contributed by atoms with van der Waals surface area (Å²) in [4.78, 5) is 0. The number of hydrogen-bond donors (Lipinski definition) is 1. The van der Waals surface area contributed by atoms with Crippen molar-refractivity contribution in [3.63, 3.8) is 0 Å².